The Balaban J connectivity index is 1.96. The number of fused-ring (bicyclic) bond motifs is 1. The first-order valence-corrected chi connectivity index (χ1v) is 10.8. The Hall–Kier alpha value is -3.37. The maximum atomic E-state index is 13.2. The van der Waals surface area contributed by atoms with E-state index in [-0.39, 0.29) is 27.9 Å². The van der Waals surface area contributed by atoms with Gasteiger partial charge in [0.2, 0.25) is 21.7 Å². The van der Waals surface area contributed by atoms with Crippen molar-refractivity contribution in [3.63, 3.8) is 0 Å². The van der Waals surface area contributed by atoms with Crippen LogP contribution in [0.25, 0.3) is 21.5 Å². The molecule has 10 heteroatoms. The van der Waals surface area contributed by atoms with Crippen molar-refractivity contribution in [1.82, 2.24) is 15.0 Å². The van der Waals surface area contributed by atoms with Crippen molar-refractivity contribution in [2.75, 3.05) is 5.73 Å². The van der Waals surface area contributed by atoms with Crippen molar-refractivity contribution >= 4 is 43.2 Å². The molecule has 0 atom stereocenters. The van der Waals surface area contributed by atoms with Gasteiger partial charge >= 0.3 is 0 Å². The summed E-state index contributed by atoms with van der Waals surface area (Å²) in [6, 6.07) is 13.3. The number of hydrogen-bond donors (Lipinski definition) is 2. The molecule has 1 amide bonds. The Morgan fingerprint density at radius 3 is 2.52 bits per heavy atom. The normalized spacial score (nSPS) is 11.6. The Morgan fingerprint density at radius 1 is 1.03 bits per heavy atom. The van der Waals surface area contributed by atoms with E-state index < -0.39 is 15.7 Å². The van der Waals surface area contributed by atoms with Gasteiger partial charge in [-0.15, -0.1) is 11.3 Å². The van der Waals surface area contributed by atoms with Crippen LogP contribution in [0.5, 0.6) is 0 Å². The van der Waals surface area contributed by atoms with Gasteiger partial charge in [0.15, 0.2) is 0 Å². The number of thiazole rings is 1. The van der Waals surface area contributed by atoms with Crippen LogP contribution in [-0.4, -0.2) is 29.3 Å². The lowest BCUT2D eigenvalue weighted by atomic mass is 10.1. The summed E-state index contributed by atoms with van der Waals surface area (Å²) >= 11 is 1.31. The van der Waals surface area contributed by atoms with Crippen LogP contribution in [0.2, 0.25) is 0 Å². The number of sulfone groups is 1. The van der Waals surface area contributed by atoms with Crippen molar-refractivity contribution in [1.29, 1.82) is 0 Å². The maximum Gasteiger partial charge on any atom is 0.224 e. The highest BCUT2D eigenvalue weighted by Gasteiger charge is 2.25. The zero-order valence-corrected chi connectivity index (χ0v) is 16.6. The summed E-state index contributed by atoms with van der Waals surface area (Å²) in [5.74, 6) is -0.555. The van der Waals surface area contributed by atoms with Gasteiger partial charge in [-0.3, -0.25) is 4.79 Å². The predicted molar refractivity (Wildman–Crippen MR) is 110 cm³/mol. The third-order valence-corrected chi connectivity index (χ3v) is 6.95. The molecule has 8 nitrogen and oxygen atoms in total. The minimum atomic E-state index is -3.89. The summed E-state index contributed by atoms with van der Waals surface area (Å²) in [5, 5.41) is 0.537. The van der Waals surface area contributed by atoms with Crippen molar-refractivity contribution in [2.45, 2.75) is 16.2 Å². The first kappa shape index (κ1) is 19.0. The average molecular weight is 425 g/mol. The third kappa shape index (κ3) is 3.55. The number of aromatic nitrogens is 3. The number of benzene rings is 2. The minimum Gasteiger partial charge on any atom is -0.369 e. The molecule has 0 aliphatic rings. The van der Waals surface area contributed by atoms with Crippen LogP contribution in [0.3, 0.4) is 0 Å². The molecule has 0 aliphatic heterocycles. The van der Waals surface area contributed by atoms with Crippen LogP contribution in [0.15, 0.2) is 64.5 Å². The molecule has 0 fully saturated rings. The fourth-order valence-electron chi connectivity index (χ4n) is 2.91. The highest BCUT2D eigenvalue weighted by molar-refractivity contribution is 7.91. The van der Waals surface area contributed by atoms with Crippen molar-refractivity contribution in [3.05, 3.63) is 59.7 Å². The summed E-state index contributed by atoms with van der Waals surface area (Å²) < 4.78 is 27.2. The molecular formula is C19H15N5O3S2. The minimum absolute atomic E-state index is 0.000129. The standard InChI is InChI=1S/C19H15N5O3S2/c20-15(25)9-16-23-17-12(7-4-8-13(17)28-16)18-14(10-22-19(21)24-18)29(26,27)11-5-2-1-3-6-11/h1-8,10H,9H2,(H2,20,25)(H2,21,22,24). The van der Waals surface area contributed by atoms with E-state index in [0.717, 1.165) is 4.70 Å². The van der Waals surface area contributed by atoms with Gasteiger partial charge in [-0.2, -0.15) is 0 Å². The molecule has 2 aromatic heterocycles. The van der Waals surface area contributed by atoms with Gasteiger partial charge in [-0.05, 0) is 18.2 Å². The molecule has 2 heterocycles. The zero-order chi connectivity index (χ0) is 20.6. The van der Waals surface area contributed by atoms with E-state index in [2.05, 4.69) is 15.0 Å². The Morgan fingerprint density at radius 2 is 1.79 bits per heavy atom. The summed E-state index contributed by atoms with van der Waals surface area (Å²) in [6.45, 7) is 0. The fraction of sp³-hybridized carbons (Fsp3) is 0.0526. The number of nitrogens with zero attached hydrogens (tertiary/aromatic N) is 3. The van der Waals surface area contributed by atoms with Crippen LogP contribution in [0, 0.1) is 0 Å². The van der Waals surface area contributed by atoms with Gasteiger partial charge in [0, 0.05) is 5.56 Å². The van der Waals surface area contributed by atoms with Crippen LogP contribution < -0.4 is 11.5 Å². The maximum absolute atomic E-state index is 13.2. The van der Waals surface area contributed by atoms with Gasteiger partial charge in [-0.1, -0.05) is 30.3 Å². The highest BCUT2D eigenvalue weighted by Crippen LogP contribution is 2.35. The summed E-state index contributed by atoms with van der Waals surface area (Å²) in [6.07, 6.45) is 1.20. The molecular weight excluding hydrogens is 410 g/mol. The summed E-state index contributed by atoms with van der Waals surface area (Å²) in [4.78, 5) is 23.9. The Bertz CT molecular complexity index is 1330. The monoisotopic (exact) mass is 425 g/mol. The van der Waals surface area contributed by atoms with Crippen LogP contribution in [0.1, 0.15) is 5.01 Å². The lowest BCUT2D eigenvalue weighted by molar-refractivity contribution is -0.117. The smallest absolute Gasteiger partial charge is 0.224 e. The van der Waals surface area contributed by atoms with E-state index in [1.165, 1.54) is 29.7 Å². The molecule has 0 spiro atoms. The van der Waals surface area contributed by atoms with Crippen LogP contribution >= 0.6 is 11.3 Å². The topological polar surface area (TPSA) is 142 Å². The van der Waals surface area contributed by atoms with Crippen LogP contribution in [-0.2, 0) is 21.1 Å². The Kier molecular flexibility index (Phi) is 4.73. The molecule has 4 N–H and O–H groups in total. The lowest BCUT2D eigenvalue weighted by Gasteiger charge is -2.11. The van der Waals surface area contributed by atoms with Crippen LogP contribution in [0.4, 0.5) is 5.95 Å². The van der Waals surface area contributed by atoms with Gasteiger partial charge < -0.3 is 11.5 Å². The molecule has 146 valence electrons. The SMILES string of the molecule is NC(=O)Cc1nc2c(-c3nc(N)ncc3S(=O)(=O)c3ccccc3)cccc2s1. The first-order chi connectivity index (χ1) is 13.9. The number of amides is 1. The van der Waals surface area contributed by atoms with Gasteiger partial charge in [0.25, 0.3) is 0 Å². The summed E-state index contributed by atoms with van der Waals surface area (Å²) in [5.41, 5.74) is 12.2. The van der Waals surface area contributed by atoms with E-state index >= 15 is 0 Å². The van der Waals surface area contributed by atoms with E-state index in [9.17, 15) is 13.2 Å². The number of para-hydroxylation sites is 1. The van der Waals surface area contributed by atoms with Gasteiger partial charge in [-0.25, -0.2) is 23.4 Å². The molecule has 0 aliphatic carbocycles. The van der Waals surface area contributed by atoms with Gasteiger partial charge in [0.05, 0.1) is 33.4 Å². The number of nitrogen functional groups attached to an aromatic ring is 1. The van der Waals surface area contributed by atoms with E-state index in [4.69, 9.17) is 11.5 Å². The molecule has 4 aromatic rings. The number of anilines is 1. The van der Waals surface area contributed by atoms with Crippen molar-refractivity contribution in [2.24, 2.45) is 5.73 Å². The highest BCUT2D eigenvalue weighted by atomic mass is 32.2. The first-order valence-electron chi connectivity index (χ1n) is 8.46. The quantitative estimate of drug-likeness (QED) is 0.499. The third-order valence-electron chi connectivity index (χ3n) is 4.16. The zero-order valence-electron chi connectivity index (χ0n) is 14.9. The number of primary amides is 1. The van der Waals surface area contributed by atoms with E-state index in [0.29, 0.717) is 16.1 Å². The van der Waals surface area contributed by atoms with E-state index in [1.807, 2.05) is 6.07 Å². The lowest BCUT2D eigenvalue weighted by Crippen LogP contribution is -2.13. The summed E-state index contributed by atoms with van der Waals surface area (Å²) in [7, 11) is -3.89. The predicted octanol–water partition coefficient (Wildman–Crippen LogP) is 2.20. The number of rotatable bonds is 5. The Labute approximate surface area is 170 Å². The number of carbonyl (C=O) groups excluding carboxylic acids is 1. The number of carbonyl (C=O) groups is 1. The molecule has 0 radical (unpaired) electrons. The molecule has 4 rings (SSSR count). The van der Waals surface area contributed by atoms with Gasteiger partial charge in [0.1, 0.15) is 9.90 Å². The molecule has 0 saturated heterocycles. The molecule has 0 saturated carbocycles. The van der Waals surface area contributed by atoms with Crippen molar-refractivity contribution in [3.8, 4) is 11.3 Å². The largest absolute Gasteiger partial charge is 0.369 e. The van der Waals surface area contributed by atoms with E-state index in [1.54, 1.807) is 30.3 Å². The molecule has 0 bridgehead atoms. The number of nitrogens with two attached hydrogens (primary N) is 2. The second-order valence-electron chi connectivity index (χ2n) is 6.16. The van der Waals surface area contributed by atoms with Crippen molar-refractivity contribution < 1.29 is 13.2 Å². The molecule has 29 heavy (non-hydrogen) atoms. The average Bonchev–Trinajstić information content (AvgIpc) is 3.10. The second kappa shape index (κ2) is 7.22. The molecule has 0 unspecified atom stereocenters. The molecule has 2 aromatic carbocycles. The second-order valence-corrected chi connectivity index (χ2v) is 9.19. The fourth-order valence-corrected chi connectivity index (χ4v) is 5.29. The number of hydrogen-bond acceptors (Lipinski definition) is 8.